The van der Waals surface area contributed by atoms with Gasteiger partial charge in [-0.2, -0.15) is 0 Å². The molecule has 1 saturated heterocycles. The number of aliphatic hydroxyl groups is 2. The van der Waals surface area contributed by atoms with E-state index in [9.17, 15) is 44.4 Å². The number of hydrogen-bond donors (Lipinski definition) is 8. The Bertz CT molecular complexity index is 1080. The number of phenols is 1. The second kappa shape index (κ2) is 15.3. The van der Waals surface area contributed by atoms with E-state index in [4.69, 9.17) is 5.73 Å². The van der Waals surface area contributed by atoms with Gasteiger partial charge < -0.3 is 47.0 Å². The predicted molar refractivity (Wildman–Crippen MR) is 146 cm³/mol. The molecule has 14 heteroatoms. The van der Waals surface area contributed by atoms with E-state index in [0.29, 0.717) is 12.8 Å². The van der Waals surface area contributed by atoms with Gasteiger partial charge in [0.25, 0.3) is 0 Å². The lowest BCUT2D eigenvalue weighted by Gasteiger charge is -2.29. The van der Waals surface area contributed by atoms with E-state index < -0.39 is 72.5 Å². The zero-order chi connectivity index (χ0) is 30.9. The molecule has 1 aliphatic heterocycles. The van der Waals surface area contributed by atoms with E-state index in [2.05, 4.69) is 16.0 Å². The van der Waals surface area contributed by atoms with Gasteiger partial charge in [0.05, 0.1) is 18.8 Å². The van der Waals surface area contributed by atoms with Crippen LogP contribution >= 0.6 is 0 Å². The third-order valence-electron chi connectivity index (χ3n) is 6.75. The maximum atomic E-state index is 13.2. The maximum Gasteiger partial charge on any atom is 0.326 e. The van der Waals surface area contributed by atoms with Crippen molar-refractivity contribution in [2.45, 2.75) is 82.8 Å². The van der Waals surface area contributed by atoms with Crippen LogP contribution in [-0.4, -0.2) is 104 Å². The Hall–Kier alpha value is -3.75. The number of aliphatic carboxylic acids is 1. The topological polar surface area (TPSA) is 232 Å². The third kappa shape index (κ3) is 9.69. The summed E-state index contributed by atoms with van der Waals surface area (Å²) < 4.78 is 0. The molecule has 6 atom stereocenters. The molecule has 0 unspecified atom stereocenters. The number of benzene rings is 1. The molecule has 0 radical (unpaired) electrons. The summed E-state index contributed by atoms with van der Waals surface area (Å²) in [5, 5.41) is 45.6. The molecule has 14 nitrogen and oxygen atoms in total. The zero-order valence-corrected chi connectivity index (χ0v) is 23.4. The van der Waals surface area contributed by atoms with Crippen molar-refractivity contribution in [2.24, 2.45) is 11.7 Å². The number of rotatable bonds is 14. The fraction of sp³-hybridized carbons (Fsp3) is 0.593. The number of phenolic OH excluding ortho intramolecular Hbond substituents is 1. The maximum absolute atomic E-state index is 13.2. The average Bonchev–Trinajstić information content (AvgIpc) is 3.40. The number of nitrogens with one attached hydrogen (secondary N) is 3. The van der Waals surface area contributed by atoms with Crippen LogP contribution in [0, 0.1) is 5.92 Å². The molecule has 0 saturated carbocycles. The zero-order valence-electron chi connectivity index (χ0n) is 23.4. The van der Waals surface area contributed by atoms with E-state index in [1.807, 2.05) is 0 Å². The Morgan fingerprint density at radius 3 is 2.15 bits per heavy atom. The van der Waals surface area contributed by atoms with Crippen molar-refractivity contribution in [2.75, 3.05) is 13.2 Å². The van der Waals surface area contributed by atoms with Gasteiger partial charge in [-0.05, 0) is 56.2 Å². The predicted octanol–water partition coefficient (Wildman–Crippen LogP) is -1.79. The van der Waals surface area contributed by atoms with Crippen molar-refractivity contribution >= 4 is 29.6 Å². The fourth-order valence-corrected chi connectivity index (χ4v) is 4.56. The molecule has 0 bridgehead atoms. The SMILES string of the molecule is CC(C)C[C@H](NC(=O)[C@H](CO)NC(=O)[C@@H](NC(=O)[C@@H]1CCCN1C(=O)[C@@H](N)Cc1ccc(O)cc1)[C@H](C)O)C(=O)O. The van der Waals surface area contributed by atoms with Crippen molar-refractivity contribution < 1.29 is 44.4 Å². The second-order valence-electron chi connectivity index (χ2n) is 10.7. The first-order valence-corrected chi connectivity index (χ1v) is 13.5. The molecule has 2 rings (SSSR count). The minimum Gasteiger partial charge on any atom is -0.508 e. The van der Waals surface area contributed by atoms with Crippen LogP contribution in [0.4, 0.5) is 0 Å². The normalized spacial score (nSPS) is 18.6. The molecular weight excluding hydrogens is 538 g/mol. The quantitative estimate of drug-likeness (QED) is 0.123. The molecule has 0 aromatic heterocycles. The lowest BCUT2D eigenvalue weighted by atomic mass is 10.0. The van der Waals surface area contributed by atoms with Crippen molar-refractivity contribution in [3.63, 3.8) is 0 Å². The van der Waals surface area contributed by atoms with Crippen LogP contribution in [-0.2, 0) is 30.4 Å². The molecule has 41 heavy (non-hydrogen) atoms. The Labute approximate surface area is 238 Å². The van der Waals surface area contributed by atoms with E-state index >= 15 is 0 Å². The summed E-state index contributed by atoms with van der Waals surface area (Å²) in [6.07, 6.45) is -0.320. The highest BCUT2D eigenvalue weighted by Crippen LogP contribution is 2.20. The van der Waals surface area contributed by atoms with Crippen molar-refractivity contribution in [1.82, 2.24) is 20.9 Å². The number of hydrogen-bond acceptors (Lipinski definition) is 9. The molecule has 9 N–H and O–H groups in total. The Morgan fingerprint density at radius 1 is 1.00 bits per heavy atom. The summed E-state index contributed by atoms with van der Waals surface area (Å²) in [6, 6.07) is -0.0298. The number of carbonyl (C=O) groups excluding carboxylic acids is 4. The summed E-state index contributed by atoms with van der Waals surface area (Å²) in [5.74, 6) is -4.37. The van der Waals surface area contributed by atoms with E-state index in [0.717, 1.165) is 5.56 Å². The lowest BCUT2D eigenvalue weighted by Crippen LogP contribution is -2.61. The number of likely N-dealkylation sites (tertiary alicyclic amines) is 1. The van der Waals surface area contributed by atoms with Crippen LogP contribution in [0.1, 0.15) is 45.6 Å². The first-order chi connectivity index (χ1) is 19.2. The molecule has 228 valence electrons. The molecule has 1 aliphatic rings. The first kappa shape index (κ1) is 33.5. The molecule has 1 fully saturated rings. The van der Waals surface area contributed by atoms with Crippen LogP contribution in [0.5, 0.6) is 5.75 Å². The Balaban J connectivity index is 2.05. The van der Waals surface area contributed by atoms with Gasteiger partial charge in [0.1, 0.15) is 29.9 Å². The second-order valence-corrected chi connectivity index (χ2v) is 10.7. The number of carboxylic acids is 1. The van der Waals surface area contributed by atoms with Crippen molar-refractivity contribution in [3.8, 4) is 5.75 Å². The first-order valence-electron chi connectivity index (χ1n) is 13.5. The number of nitrogens with zero attached hydrogens (tertiary/aromatic N) is 1. The minimum absolute atomic E-state index is 0.0576. The largest absolute Gasteiger partial charge is 0.508 e. The summed E-state index contributed by atoms with van der Waals surface area (Å²) >= 11 is 0. The minimum atomic E-state index is -1.54. The van der Waals surface area contributed by atoms with Crippen LogP contribution < -0.4 is 21.7 Å². The van der Waals surface area contributed by atoms with Gasteiger partial charge in [-0.25, -0.2) is 4.79 Å². The summed E-state index contributed by atoms with van der Waals surface area (Å²) in [7, 11) is 0. The van der Waals surface area contributed by atoms with Gasteiger partial charge in [-0.15, -0.1) is 0 Å². The van der Waals surface area contributed by atoms with Crippen LogP contribution in [0.3, 0.4) is 0 Å². The third-order valence-corrected chi connectivity index (χ3v) is 6.75. The van der Waals surface area contributed by atoms with Crippen molar-refractivity contribution in [3.05, 3.63) is 29.8 Å². The Morgan fingerprint density at radius 2 is 1.61 bits per heavy atom. The van der Waals surface area contributed by atoms with Gasteiger partial charge in [0.2, 0.25) is 23.6 Å². The smallest absolute Gasteiger partial charge is 0.326 e. The summed E-state index contributed by atoms with van der Waals surface area (Å²) in [5.41, 5.74) is 6.84. The highest BCUT2D eigenvalue weighted by molar-refractivity contribution is 5.96. The van der Waals surface area contributed by atoms with Crippen molar-refractivity contribution in [1.29, 1.82) is 0 Å². The molecule has 1 aromatic rings. The molecule has 1 heterocycles. The Kier molecular flexibility index (Phi) is 12.5. The molecule has 0 spiro atoms. The highest BCUT2D eigenvalue weighted by Gasteiger charge is 2.39. The lowest BCUT2D eigenvalue weighted by molar-refractivity contribution is -0.143. The van der Waals surface area contributed by atoms with Gasteiger partial charge in [0, 0.05) is 6.54 Å². The number of amides is 4. The molecular formula is C27H41N5O9. The summed E-state index contributed by atoms with van der Waals surface area (Å²) in [6.45, 7) is 4.18. The number of carboxylic acid groups (broad SMARTS) is 1. The number of carbonyl (C=O) groups is 5. The molecule has 1 aromatic carbocycles. The van der Waals surface area contributed by atoms with Gasteiger partial charge >= 0.3 is 5.97 Å². The van der Waals surface area contributed by atoms with Gasteiger partial charge in [-0.1, -0.05) is 26.0 Å². The monoisotopic (exact) mass is 579 g/mol. The highest BCUT2D eigenvalue weighted by atomic mass is 16.4. The van der Waals surface area contributed by atoms with Crippen LogP contribution in [0.2, 0.25) is 0 Å². The molecule has 4 amide bonds. The number of aromatic hydroxyl groups is 1. The van der Waals surface area contributed by atoms with E-state index in [1.54, 1.807) is 26.0 Å². The van der Waals surface area contributed by atoms with E-state index in [1.165, 1.54) is 24.0 Å². The fourth-order valence-electron chi connectivity index (χ4n) is 4.56. The van der Waals surface area contributed by atoms with Gasteiger partial charge in [-0.3, -0.25) is 19.2 Å². The molecule has 0 aliphatic carbocycles. The van der Waals surface area contributed by atoms with Crippen LogP contribution in [0.15, 0.2) is 24.3 Å². The summed E-state index contributed by atoms with van der Waals surface area (Å²) in [4.78, 5) is 64.6. The van der Waals surface area contributed by atoms with Crippen LogP contribution in [0.25, 0.3) is 0 Å². The number of aliphatic hydroxyl groups excluding tert-OH is 2. The average molecular weight is 580 g/mol. The standard InChI is InChI=1S/C27H41N5O9/c1-14(2)11-19(27(40)41)29-23(36)20(13-33)30-25(38)22(15(3)34)31-24(37)21-5-4-10-32(21)26(39)18(28)12-16-6-8-17(35)9-7-16/h6-9,14-15,18-22,33-35H,4-5,10-13,28H2,1-3H3,(H,29,36)(H,30,38)(H,31,37)(H,40,41)/t15-,18-,19-,20-,21-,22-/m0/s1. The van der Waals surface area contributed by atoms with Gasteiger partial charge in [0.15, 0.2) is 0 Å². The number of nitrogens with two attached hydrogens (primary N) is 1. The van der Waals surface area contributed by atoms with E-state index in [-0.39, 0.29) is 31.1 Å².